The first-order valence-electron chi connectivity index (χ1n) is 28.5. The smallest absolute Gasteiger partial charge is 0.159 e. The van der Waals surface area contributed by atoms with Crippen LogP contribution in [0.1, 0.15) is 22.3 Å². The number of hydrogen-bond acceptors (Lipinski definition) is 4. The van der Waals surface area contributed by atoms with Crippen LogP contribution in [0.2, 0.25) is 0 Å². The molecule has 0 amide bonds. The third-order valence-corrected chi connectivity index (χ3v) is 17.5. The molecular weight excluding hydrogens is 1010 g/mol. The summed E-state index contributed by atoms with van der Waals surface area (Å²) in [5, 5.41) is 4.25. The second kappa shape index (κ2) is 18.6. The number of fused-ring (bicyclic) bond motifs is 16. The molecule has 4 nitrogen and oxygen atoms in total. The summed E-state index contributed by atoms with van der Waals surface area (Å²) in [6.07, 6.45) is 0. The highest BCUT2D eigenvalue weighted by Crippen LogP contribution is 2.65. The lowest BCUT2D eigenvalue weighted by atomic mass is 9.68. The quantitative estimate of drug-likeness (QED) is 0.144. The molecule has 388 valence electrons. The summed E-state index contributed by atoms with van der Waals surface area (Å²) in [4.78, 5) is 4.80. The summed E-state index contributed by atoms with van der Waals surface area (Å²) < 4.78 is 14.0. The Bertz CT molecular complexity index is 4750. The van der Waals surface area contributed by atoms with Crippen LogP contribution in [-0.4, -0.2) is 0 Å². The molecule has 0 fully saturated rings. The summed E-state index contributed by atoms with van der Waals surface area (Å²) >= 11 is 0. The van der Waals surface area contributed by atoms with Gasteiger partial charge in [-0.05, 0) is 145 Å². The lowest BCUT2D eigenvalue weighted by Gasteiger charge is -2.33. The van der Waals surface area contributed by atoms with Crippen LogP contribution in [0.15, 0.2) is 312 Å². The molecule has 2 aromatic heterocycles. The highest BCUT2D eigenvalue weighted by atomic mass is 16.3. The molecule has 0 N–H and O–H groups in total. The van der Waals surface area contributed by atoms with E-state index in [0.717, 1.165) is 111 Å². The second-order valence-electron chi connectivity index (χ2n) is 21.9. The predicted octanol–water partition coefficient (Wildman–Crippen LogP) is 21.8. The van der Waals surface area contributed by atoms with Gasteiger partial charge in [0.1, 0.15) is 11.2 Å². The van der Waals surface area contributed by atoms with Crippen molar-refractivity contribution in [3.8, 4) is 55.6 Å². The molecule has 2 aliphatic carbocycles. The zero-order valence-electron chi connectivity index (χ0n) is 45.1. The summed E-state index contributed by atoms with van der Waals surface area (Å²) in [6.45, 7) is 0. The van der Waals surface area contributed by atoms with Gasteiger partial charge in [-0.15, -0.1) is 0 Å². The molecule has 1 spiro atoms. The lowest BCUT2D eigenvalue weighted by molar-refractivity contribution is 0.669. The Morgan fingerprint density at radius 2 is 0.602 bits per heavy atom. The first-order valence-corrected chi connectivity index (χ1v) is 28.5. The fourth-order valence-electron chi connectivity index (χ4n) is 13.9. The molecule has 4 heteroatoms. The maximum absolute atomic E-state index is 7.02. The highest BCUT2D eigenvalue weighted by molar-refractivity contribution is 6.12. The van der Waals surface area contributed by atoms with E-state index in [4.69, 9.17) is 8.83 Å². The molecule has 2 aliphatic rings. The molecule has 17 rings (SSSR count). The van der Waals surface area contributed by atoms with Crippen LogP contribution in [0.4, 0.5) is 34.1 Å². The highest BCUT2D eigenvalue weighted by Gasteiger charge is 2.52. The molecule has 15 aromatic rings. The van der Waals surface area contributed by atoms with Crippen molar-refractivity contribution in [3.05, 3.63) is 326 Å². The van der Waals surface area contributed by atoms with Crippen molar-refractivity contribution in [2.75, 3.05) is 9.80 Å². The van der Waals surface area contributed by atoms with E-state index < -0.39 is 5.41 Å². The van der Waals surface area contributed by atoms with Gasteiger partial charge < -0.3 is 18.6 Å². The van der Waals surface area contributed by atoms with Crippen LogP contribution >= 0.6 is 0 Å². The Kier molecular flexibility index (Phi) is 10.5. The van der Waals surface area contributed by atoms with Crippen molar-refractivity contribution in [3.63, 3.8) is 0 Å². The Labute approximate surface area is 480 Å². The van der Waals surface area contributed by atoms with Crippen LogP contribution in [-0.2, 0) is 5.41 Å². The van der Waals surface area contributed by atoms with Gasteiger partial charge in [-0.25, -0.2) is 0 Å². The van der Waals surface area contributed by atoms with Crippen molar-refractivity contribution < 1.29 is 8.83 Å². The van der Waals surface area contributed by atoms with Gasteiger partial charge in [-0.2, -0.15) is 0 Å². The van der Waals surface area contributed by atoms with E-state index in [1.165, 1.54) is 44.5 Å². The maximum Gasteiger partial charge on any atom is 0.159 e. The predicted molar refractivity (Wildman–Crippen MR) is 343 cm³/mol. The molecule has 0 saturated heterocycles. The first kappa shape index (κ1) is 46.9. The molecule has 0 radical (unpaired) electrons. The number of para-hydroxylation sites is 4. The number of hydrogen-bond donors (Lipinski definition) is 0. The van der Waals surface area contributed by atoms with Crippen molar-refractivity contribution in [2.45, 2.75) is 5.41 Å². The van der Waals surface area contributed by atoms with E-state index in [2.05, 4.69) is 301 Å². The first-order chi connectivity index (χ1) is 41.2. The number of benzene rings is 13. The molecule has 2 heterocycles. The van der Waals surface area contributed by atoms with Gasteiger partial charge in [0.15, 0.2) is 11.2 Å². The minimum atomic E-state index is -0.606. The summed E-state index contributed by atoms with van der Waals surface area (Å²) in [7, 11) is 0. The topological polar surface area (TPSA) is 32.8 Å². The Balaban J connectivity index is 0.987. The van der Waals surface area contributed by atoms with Crippen LogP contribution in [0.25, 0.3) is 99.5 Å². The van der Waals surface area contributed by atoms with Crippen LogP contribution in [0.3, 0.4) is 0 Å². The average Bonchev–Trinajstić information content (AvgIpc) is 1.57. The third-order valence-electron chi connectivity index (χ3n) is 17.5. The fourth-order valence-corrected chi connectivity index (χ4v) is 13.9. The third kappa shape index (κ3) is 7.13. The zero-order valence-corrected chi connectivity index (χ0v) is 45.1. The van der Waals surface area contributed by atoms with Gasteiger partial charge in [0, 0.05) is 44.3 Å². The van der Waals surface area contributed by atoms with Gasteiger partial charge >= 0.3 is 0 Å². The average molecular weight is 1060 g/mol. The van der Waals surface area contributed by atoms with Crippen LogP contribution in [0.5, 0.6) is 0 Å². The summed E-state index contributed by atoms with van der Waals surface area (Å²) in [6, 6.07) is 110. The number of anilines is 6. The molecule has 0 saturated carbocycles. The number of nitrogens with zero attached hydrogens (tertiary/aromatic N) is 2. The van der Waals surface area contributed by atoms with Gasteiger partial charge in [-0.1, -0.05) is 237 Å². The van der Waals surface area contributed by atoms with E-state index in [9.17, 15) is 0 Å². The fraction of sp³-hybridized carbons (Fsp3) is 0.0127. The van der Waals surface area contributed by atoms with Gasteiger partial charge in [0.25, 0.3) is 0 Å². The van der Waals surface area contributed by atoms with E-state index in [0.29, 0.717) is 0 Å². The monoisotopic (exact) mass is 1060 g/mol. The molecular formula is C79H50N2O2. The molecule has 0 bridgehead atoms. The number of rotatable bonds is 9. The Hall–Kier alpha value is -10.9. The zero-order chi connectivity index (χ0) is 54.6. The maximum atomic E-state index is 7.02. The molecule has 0 atom stereocenters. The van der Waals surface area contributed by atoms with E-state index in [-0.39, 0.29) is 0 Å². The Morgan fingerprint density at radius 1 is 0.241 bits per heavy atom. The van der Waals surface area contributed by atoms with E-state index in [1.807, 2.05) is 12.1 Å². The van der Waals surface area contributed by atoms with Crippen LogP contribution < -0.4 is 9.80 Å². The van der Waals surface area contributed by atoms with Crippen molar-refractivity contribution in [2.24, 2.45) is 0 Å². The standard InChI is InChI=1S/C79H50N2O2/c1-3-20-51(21-4-1)53-40-44-56(45-41-53)80(72-36-18-31-67-64-27-10-15-38-74(64)82-77(67)72)58-48-55(60-29-17-30-66-63-26-9-14-35-71(63)79(76(60)66)69-33-12-7-24-61(69)62-25-8-13-34-70(62)79)49-59(50-58)81(57-46-42-54(43-47-57)52-22-5-2-6-23-52)73-37-19-32-68-65-28-11-16-39-75(65)83-78(68)73/h1-50H. The SMILES string of the molecule is c1ccc(-c2ccc(N(c3cc(-c4cccc5c4C4(c6ccccc6-c6ccccc64)c4ccccc4-5)cc(N(c4ccc(-c5ccccc5)cc4)c4cccc5c4oc4ccccc45)c3)c3cccc4c3oc3ccccc34)cc2)cc1. The molecule has 13 aromatic carbocycles. The second-order valence-corrected chi connectivity index (χ2v) is 21.9. The van der Waals surface area contributed by atoms with Crippen LogP contribution in [0, 0.1) is 0 Å². The van der Waals surface area contributed by atoms with Crippen molar-refractivity contribution in [1.29, 1.82) is 0 Å². The summed E-state index contributed by atoms with van der Waals surface area (Å²) in [5.74, 6) is 0. The van der Waals surface area contributed by atoms with Crippen molar-refractivity contribution in [1.82, 2.24) is 0 Å². The molecule has 83 heavy (non-hydrogen) atoms. The minimum absolute atomic E-state index is 0.606. The van der Waals surface area contributed by atoms with E-state index in [1.54, 1.807) is 0 Å². The normalized spacial score (nSPS) is 12.7. The van der Waals surface area contributed by atoms with Gasteiger partial charge in [0.05, 0.1) is 16.8 Å². The minimum Gasteiger partial charge on any atom is -0.454 e. The lowest BCUT2D eigenvalue weighted by Crippen LogP contribution is -2.26. The Morgan fingerprint density at radius 3 is 1.08 bits per heavy atom. The summed E-state index contributed by atoms with van der Waals surface area (Å²) in [5.41, 5.74) is 25.4. The molecule has 0 aliphatic heterocycles. The largest absolute Gasteiger partial charge is 0.454 e. The van der Waals surface area contributed by atoms with Crippen molar-refractivity contribution >= 4 is 78.0 Å². The molecule has 0 unspecified atom stereocenters. The van der Waals surface area contributed by atoms with Gasteiger partial charge in [-0.3, -0.25) is 0 Å². The number of furan rings is 2. The van der Waals surface area contributed by atoms with E-state index >= 15 is 0 Å². The van der Waals surface area contributed by atoms with Gasteiger partial charge in [0.2, 0.25) is 0 Å².